The summed E-state index contributed by atoms with van der Waals surface area (Å²) in [4.78, 5) is 13.9. The SMILES string of the molecule is Cc1ccc(NC(=S)NCc2cccc(OC(C)C)c2)cc1N1CCCC1=O. The van der Waals surface area contributed by atoms with Crippen molar-refractivity contribution in [3.63, 3.8) is 0 Å². The predicted molar refractivity (Wildman–Crippen MR) is 118 cm³/mol. The average Bonchev–Trinajstić information content (AvgIpc) is 3.07. The molecular formula is C22H27N3O2S. The number of nitrogens with zero attached hydrogens (tertiary/aromatic N) is 1. The Morgan fingerprint density at radius 2 is 2.07 bits per heavy atom. The summed E-state index contributed by atoms with van der Waals surface area (Å²) in [6.07, 6.45) is 1.68. The molecule has 148 valence electrons. The van der Waals surface area contributed by atoms with Gasteiger partial charge in [-0.1, -0.05) is 18.2 Å². The number of benzene rings is 2. The van der Waals surface area contributed by atoms with E-state index in [2.05, 4.69) is 10.6 Å². The van der Waals surface area contributed by atoms with Crippen LogP contribution in [-0.4, -0.2) is 23.7 Å². The number of amides is 1. The molecule has 1 aliphatic rings. The Labute approximate surface area is 172 Å². The maximum Gasteiger partial charge on any atom is 0.227 e. The van der Waals surface area contributed by atoms with Crippen LogP contribution >= 0.6 is 12.2 Å². The lowest BCUT2D eigenvalue weighted by Gasteiger charge is -2.20. The van der Waals surface area contributed by atoms with E-state index in [1.54, 1.807) is 0 Å². The molecule has 28 heavy (non-hydrogen) atoms. The van der Waals surface area contributed by atoms with E-state index in [4.69, 9.17) is 17.0 Å². The first-order valence-corrected chi connectivity index (χ1v) is 10.0. The van der Waals surface area contributed by atoms with Crippen LogP contribution in [0.4, 0.5) is 11.4 Å². The van der Waals surface area contributed by atoms with Crippen molar-refractivity contribution in [2.45, 2.75) is 46.3 Å². The van der Waals surface area contributed by atoms with E-state index in [0.717, 1.165) is 41.2 Å². The van der Waals surface area contributed by atoms with Crippen molar-refractivity contribution in [3.8, 4) is 5.75 Å². The minimum atomic E-state index is 0.143. The molecule has 0 radical (unpaired) electrons. The van der Waals surface area contributed by atoms with E-state index in [-0.39, 0.29) is 12.0 Å². The molecule has 2 N–H and O–H groups in total. The zero-order chi connectivity index (χ0) is 20.1. The third-order valence-electron chi connectivity index (χ3n) is 4.55. The average molecular weight is 398 g/mol. The Bertz CT molecular complexity index is 867. The van der Waals surface area contributed by atoms with Gasteiger partial charge in [-0.3, -0.25) is 4.79 Å². The quantitative estimate of drug-likeness (QED) is 0.708. The van der Waals surface area contributed by atoms with Crippen molar-refractivity contribution in [1.82, 2.24) is 5.32 Å². The fourth-order valence-electron chi connectivity index (χ4n) is 3.24. The molecule has 0 aromatic heterocycles. The van der Waals surface area contributed by atoms with E-state index in [9.17, 15) is 4.79 Å². The van der Waals surface area contributed by atoms with Crippen LogP contribution in [0.25, 0.3) is 0 Å². The molecule has 6 heteroatoms. The summed E-state index contributed by atoms with van der Waals surface area (Å²) < 4.78 is 5.73. The molecule has 0 saturated carbocycles. The van der Waals surface area contributed by atoms with Crippen LogP contribution in [0.15, 0.2) is 42.5 Å². The van der Waals surface area contributed by atoms with Crippen LogP contribution in [0.3, 0.4) is 0 Å². The number of anilines is 2. The Balaban J connectivity index is 1.60. The monoisotopic (exact) mass is 397 g/mol. The summed E-state index contributed by atoms with van der Waals surface area (Å²) in [5, 5.41) is 6.98. The number of nitrogens with one attached hydrogen (secondary N) is 2. The van der Waals surface area contributed by atoms with Gasteiger partial charge in [0.25, 0.3) is 0 Å². The smallest absolute Gasteiger partial charge is 0.227 e. The minimum Gasteiger partial charge on any atom is -0.491 e. The molecule has 0 unspecified atom stereocenters. The molecule has 0 atom stereocenters. The summed E-state index contributed by atoms with van der Waals surface area (Å²) >= 11 is 5.44. The highest BCUT2D eigenvalue weighted by molar-refractivity contribution is 7.80. The third kappa shape index (κ3) is 5.23. The number of rotatable bonds is 6. The molecular weight excluding hydrogens is 370 g/mol. The summed E-state index contributed by atoms with van der Waals surface area (Å²) in [7, 11) is 0. The molecule has 2 aromatic rings. The number of carbonyl (C=O) groups excluding carboxylic acids is 1. The number of hydrogen-bond donors (Lipinski definition) is 2. The molecule has 1 heterocycles. The van der Waals surface area contributed by atoms with Crippen molar-refractivity contribution in [2.75, 3.05) is 16.8 Å². The van der Waals surface area contributed by atoms with Crippen LogP contribution in [0.2, 0.25) is 0 Å². The molecule has 1 aliphatic heterocycles. The molecule has 3 rings (SSSR count). The number of ether oxygens (including phenoxy) is 1. The highest BCUT2D eigenvalue weighted by Crippen LogP contribution is 2.28. The number of carbonyl (C=O) groups is 1. The highest BCUT2D eigenvalue weighted by atomic mass is 32.1. The summed E-state index contributed by atoms with van der Waals surface area (Å²) in [6, 6.07) is 14.0. The van der Waals surface area contributed by atoms with Gasteiger partial charge in [0.15, 0.2) is 5.11 Å². The van der Waals surface area contributed by atoms with Gasteiger partial charge in [0.05, 0.1) is 6.10 Å². The van der Waals surface area contributed by atoms with E-state index in [0.29, 0.717) is 18.1 Å². The lowest BCUT2D eigenvalue weighted by molar-refractivity contribution is -0.117. The standard InChI is InChI=1S/C22H27N3O2S/c1-15(2)27-19-7-4-6-17(12-19)14-23-22(28)24-18-10-9-16(3)20(13-18)25-11-5-8-21(25)26/h4,6-7,9-10,12-13,15H,5,8,11,14H2,1-3H3,(H2,23,24,28). The second-order valence-electron chi connectivity index (χ2n) is 7.27. The van der Waals surface area contributed by atoms with Gasteiger partial charge in [0, 0.05) is 30.9 Å². The van der Waals surface area contributed by atoms with Crippen molar-refractivity contribution >= 4 is 34.6 Å². The van der Waals surface area contributed by atoms with Gasteiger partial charge in [-0.05, 0) is 74.8 Å². The van der Waals surface area contributed by atoms with Gasteiger partial charge in [-0.2, -0.15) is 0 Å². The first-order chi connectivity index (χ1) is 13.4. The van der Waals surface area contributed by atoms with Crippen molar-refractivity contribution < 1.29 is 9.53 Å². The molecule has 0 spiro atoms. The zero-order valence-electron chi connectivity index (χ0n) is 16.6. The van der Waals surface area contributed by atoms with Crippen LogP contribution in [-0.2, 0) is 11.3 Å². The van der Waals surface area contributed by atoms with Gasteiger partial charge in [-0.15, -0.1) is 0 Å². The van der Waals surface area contributed by atoms with E-state index in [1.807, 2.05) is 68.1 Å². The lowest BCUT2D eigenvalue weighted by atomic mass is 10.1. The Kier molecular flexibility index (Phi) is 6.52. The number of thiocarbonyl (C=S) groups is 1. The highest BCUT2D eigenvalue weighted by Gasteiger charge is 2.23. The molecule has 0 aliphatic carbocycles. The molecule has 5 nitrogen and oxygen atoms in total. The van der Waals surface area contributed by atoms with Crippen molar-refractivity contribution in [1.29, 1.82) is 0 Å². The van der Waals surface area contributed by atoms with Crippen LogP contribution in [0.1, 0.15) is 37.8 Å². The minimum absolute atomic E-state index is 0.143. The van der Waals surface area contributed by atoms with E-state index in [1.165, 1.54) is 0 Å². The normalized spacial score (nSPS) is 13.7. The lowest BCUT2D eigenvalue weighted by Crippen LogP contribution is -2.28. The largest absolute Gasteiger partial charge is 0.491 e. The second-order valence-corrected chi connectivity index (χ2v) is 7.68. The zero-order valence-corrected chi connectivity index (χ0v) is 17.4. The van der Waals surface area contributed by atoms with Crippen molar-refractivity contribution in [2.24, 2.45) is 0 Å². The van der Waals surface area contributed by atoms with Crippen LogP contribution in [0, 0.1) is 6.92 Å². The fourth-order valence-corrected chi connectivity index (χ4v) is 3.43. The first-order valence-electron chi connectivity index (χ1n) is 9.64. The third-order valence-corrected chi connectivity index (χ3v) is 4.80. The maximum absolute atomic E-state index is 12.1. The van der Waals surface area contributed by atoms with Crippen LogP contribution < -0.4 is 20.3 Å². The summed E-state index contributed by atoms with van der Waals surface area (Å²) in [5.41, 5.74) is 4.00. The van der Waals surface area contributed by atoms with Gasteiger partial charge in [0.2, 0.25) is 5.91 Å². The molecule has 2 aromatic carbocycles. The molecule has 1 fully saturated rings. The topological polar surface area (TPSA) is 53.6 Å². The Morgan fingerprint density at radius 1 is 1.25 bits per heavy atom. The van der Waals surface area contributed by atoms with E-state index < -0.39 is 0 Å². The Hall–Kier alpha value is -2.60. The maximum atomic E-state index is 12.1. The van der Waals surface area contributed by atoms with Gasteiger partial charge >= 0.3 is 0 Å². The van der Waals surface area contributed by atoms with Crippen LogP contribution in [0.5, 0.6) is 5.75 Å². The van der Waals surface area contributed by atoms with Gasteiger partial charge < -0.3 is 20.3 Å². The second kappa shape index (κ2) is 9.06. The molecule has 1 amide bonds. The Morgan fingerprint density at radius 3 is 2.79 bits per heavy atom. The first kappa shape index (κ1) is 20.1. The number of aryl methyl sites for hydroxylation is 1. The molecule has 1 saturated heterocycles. The van der Waals surface area contributed by atoms with Gasteiger partial charge in [0.1, 0.15) is 5.75 Å². The number of hydrogen-bond acceptors (Lipinski definition) is 3. The summed E-state index contributed by atoms with van der Waals surface area (Å²) in [5.74, 6) is 1.04. The fraction of sp³-hybridized carbons (Fsp3) is 0.364. The van der Waals surface area contributed by atoms with Crippen molar-refractivity contribution in [3.05, 3.63) is 53.6 Å². The van der Waals surface area contributed by atoms with E-state index >= 15 is 0 Å². The van der Waals surface area contributed by atoms with Gasteiger partial charge in [-0.25, -0.2) is 0 Å². The predicted octanol–water partition coefficient (Wildman–Crippen LogP) is 4.40. The summed E-state index contributed by atoms with van der Waals surface area (Å²) in [6.45, 7) is 7.42. The molecule has 0 bridgehead atoms.